The van der Waals surface area contributed by atoms with Crippen LogP contribution in [0.4, 0.5) is 4.79 Å². The number of fused-ring (bicyclic) bond motifs is 2. The lowest BCUT2D eigenvalue weighted by Crippen LogP contribution is -2.51. The molecule has 1 heterocycles. The molecule has 2 aliphatic rings. The summed E-state index contributed by atoms with van der Waals surface area (Å²) in [5.41, 5.74) is -0.300. The van der Waals surface area contributed by atoms with Gasteiger partial charge in [0.25, 0.3) is 5.91 Å². The van der Waals surface area contributed by atoms with Gasteiger partial charge in [0.15, 0.2) is 0 Å². The van der Waals surface area contributed by atoms with E-state index in [9.17, 15) is 14.7 Å². The Morgan fingerprint density at radius 2 is 1.97 bits per heavy atom. The van der Waals surface area contributed by atoms with Crippen LogP contribution < -0.4 is 15.4 Å². The quantitative estimate of drug-likeness (QED) is 0.503. The Morgan fingerprint density at radius 3 is 2.56 bits per heavy atom. The number of aliphatic hydroxyl groups is 1. The second kappa shape index (κ2) is 11.3. The largest absolute Gasteiger partial charge is 0.477 e. The van der Waals surface area contributed by atoms with Gasteiger partial charge in [-0.1, -0.05) is 20.3 Å². The lowest BCUT2D eigenvalue weighted by molar-refractivity contribution is 0.0496. The van der Waals surface area contributed by atoms with E-state index in [2.05, 4.69) is 20.5 Å². The first-order valence-corrected chi connectivity index (χ1v) is 12.3. The molecule has 3 N–H and O–H groups in total. The van der Waals surface area contributed by atoms with Crippen LogP contribution in [0.1, 0.15) is 70.2 Å². The van der Waals surface area contributed by atoms with Crippen molar-refractivity contribution in [2.75, 3.05) is 20.3 Å². The molecule has 1 aromatic heterocycles. The normalized spacial score (nSPS) is 24.8. The number of carbonyl (C=O) groups is 2. The minimum absolute atomic E-state index is 0.115. The highest BCUT2D eigenvalue weighted by Crippen LogP contribution is 2.43. The second-order valence-corrected chi connectivity index (χ2v) is 10.6. The number of nitrogens with one attached hydrogen (secondary N) is 2. The van der Waals surface area contributed by atoms with E-state index in [-0.39, 0.29) is 24.5 Å². The van der Waals surface area contributed by atoms with Crippen molar-refractivity contribution in [2.24, 2.45) is 23.7 Å². The molecule has 2 unspecified atom stereocenters. The number of aliphatic hydroxyl groups excluding tert-OH is 1. The molecule has 2 fully saturated rings. The van der Waals surface area contributed by atoms with Crippen molar-refractivity contribution in [3.8, 4) is 5.88 Å². The molecular formula is C25H40N4O5. The molecule has 0 saturated heterocycles. The highest BCUT2D eigenvalue weighted by atomic mass is 16.5. The smallest absolute Gasteiger partial charge is 0.407 e. The molecule has 9 heteroatoms. The first-order valence-electron chi connectivity index (χ1n) is 12.3. The Bertz CT molecular complexity index is 865. The first kappa shape index (κ1) is 26.1. The zero-order chi connectivity index (χ0) is 24.9. The van der Waals surface area contributed by atoms with Crippen molar-refractivity contribution in [3.63, 3.8) is 0 Å². The van der Waals surface area contributed by atoms with Gasteiger partial charge >= 0.3 is 6.09 Å². The predicted octanol–water partition coefficient (Wildman–Crippen LogP) is 3.44. The summed E-state index contributed by atoms with van der Waals surface area (Å²) in [6.45, 7) is 8.40. The molecule has 0 aliphatic heterocycles. The lowest BCUT2D eigenvalue weighted by atomic mass is 9.65. The number of ether oxygens (including phenoxy) is 2. The van der Waals surface area contributed by atoms with Gasteiger partial charge in [0.1, 0.15) is 5.56 Å². The van der Waals surface area contributed by atoms with Gasteiger partial charge in [-0.2, -0.15) is 5.10 Å². The number of aromatic nitrogens is 2. The average Bonchev–Trinajstić information content (AvgIpc) is 3.18. The number of methoxy groups -OCH3 is 1. The number of rotatable bonds is 9. The van der Waals surface area contributed by atoms with Crippen molar-refractivity contribution in [1.82, 2.24) is 20.4 Å². The Hall–Kier alpha value is -2.55. The van der Waals surface area contributed by atoms with Crippen LogP contribution in [-0.2, 0) is 4.74 Å². The molecule has 2 aliphatic carbocycles. The Morgan fingerprint density at radius 1 is 1.29 bits per heavy atom. The summed E-state index contributed by atoms with van der Waals surface area (Å²) in [7, 11) is 1.32. The topological polar surface area (TPSA) is 115 Å². The zero-order valence-electron chi connectivity index (χ0n) is 21.0. The Kier molecular flexibility index (Phi) is 8.62. The van der Waals surface area contributed by atoms with E-state index in [1.807, 2.05) is 27.7 Å². The summed E-state index contributed by atoms with van der Waals surface area (Å²) in [6.07, 6.45) is 9.71. The number of carbonyl (C=O) groups excluding carboxylic acids is 2. The molecule has 2 bridgehead atoms. The van der Waals surface area contributed by atoms with Crippen molar-refractivity contribution >= 4 is 18.2 Å². The molecule has 2 saturated carbocycles. The first-order chi connectivity index (χ1) is 16.1. The van der Waals surface area contributed by atoms with Gasteiger partial charge in [-0.25, -0.2) is 9.48 Å². The summed E-state index contributed by atoms with van der Waals surface area (Å²) < 4.78 is 12.2. The van der Waals surface area contributed by atoms with Gasteiger partial charge < -0.3 is 25.2 Å². The molecule has 9 nitrogen and oxygen atoms in total. The summed E-state index contributed by atoms with van der Waals surface area (Å²) >= 11 is 0. The van der Waals surface area contributed by atoms with Crippen LogP contribution in [0.3, 0.4) is 0 Å². The van der Waals surface area contributed by atoms with Crippen LogP contribution in [0, 0.1) is 23.7 Å². The van der Waals surface area contributed by atoms with E-state index >= 15 is 0 Å². The SMILES string of the molecule is COC(=O)NC(C)(C)C=Cn1ncc(C(=O)NC2C3CCCC2CC(CO)C3)c1OCC(C)C. The van der Waals surface area contributed by atoms with Crippen molar-refractivity contribution in [2.45, 2.75) is 71.4 Å². The van der Waals surface area contributed by atoms with Gasteiger partial charge in [0.2, 0.25) is 5.88 Å². The third kappa shape index (κ3) is 6.52. The highest BCUT2D eigenvalue weighted by Gasteiger charge is 2.41. The van der Waals surface area contributed by atoms with Crippen molar-refractivity contribution in [1.29, 1.82) is 0 Å². The van der Waals surface area contributed by atoms with Gasteiger partial charge in [-0.3, -0.25) is 4.79 Å². The molecule has 0 aromatic carbocycles. The number of alkyl carbamates (subject to hydrolysis) is 1. The number of nitrogens with zero attached hydrogens (tertiary/aromatic N) is 2. The highest BCUT2D eigenvalue weighted by molar-refractivity contribution is 5.96. The molecule has 1 aromatic rings. The monoisotopic (exact) mass is 476 g/mol. The van der Waals surface area contributed by atoms with E-state index < -0.39 is 11.6 Å². The van der Waals surface area contributed by atoms with Crippen LogP contribution in [0.2, 0.25) is 0 Å². The van der Waals surface area contributed by atoms with Gasteiger partial charge in [0, 0.05) is 18.8 Å². The van der Waals surface area contributed by atoms with E-state index in [0.29, 0.717) is 35.8 Å². The van der Waals surface area contributed by atoms with Gasteiger partial charge in [0.05, 0.1) is 25.5 Å². The molecule has 3 rings (SSSR count). The van der Waals surface area contributed by atoms with Gasteiger partial charge in [-0.15, -0.1) is 0 Å². The van der Waals surface area contributed by atoms with Crippen LogP contribution in [-0.4, -0.2) is 58.8 Å². The lowest BCUT2D eigenvalue weighted by Gasteiger charge is -2.45. The van der Waals surface area contributed by atoms with Crippen molar-refractivity contribution in [3.05, 3.63) is 17.8 Å². The molecule has 0 radical (unpaired) electrons. The summed E-state index contributed by atoms with van der Waals surface area (Å²) in [6, 6.07) is 0.115. The van der Waals surface area contributed by atoms with Gasteiger partial charge in [-0.05, 0) is 69.3 Å². The van der Waals surface area contributed by atoms with E-state index in [0.717, 1.165) is 25.7 Å². The van der Waals surface area contributed by atoms with E-state index in [1.165, 1.54) is 24.4 Å². The maximum atomic E-state index is 13.4. The van der Waals surface area contributed by atoms with Crippen LogP contribution in [0.25, 0.3) is 6.20 Å². The maximum absolute atomic E-state index is 13.4. The molecular weight excluding hydrogens is 436 g/mol. The number of hydrogen-bond donors (Lipinski definition) is 3. The molecule has 190 valence electrons. The van der Waals surface area contributed by atoms with Crippen LogP contribution in [0.15, 0.2) is 12.3 Å². The summed E-state index contributed by atoms with van der Waals surface area (Å²) in [4.78, 5) is 25.0. The van der Waals surface area contributed by atoms with Crippen molar-refractivity contribution < 1.29 is 24.2 Å². The fraction of sp³-hybridized carbons (Fsp3) is 0.720. The Balaban J connectivity index is 1.79. The summed E-state index contributed by atoms with van der Waals surface area (Å²) in [5, 5.41) is 20.0. The zero-order valence-corrected chi connectivity index (χ0v) is 21.0. The third-order valence-corrected chi connectivity index (χ3v) is 6.78. The fourth-order valence-corrected chi connectivity index (χ4v) is 5.10. The molecule has 2 atom stereocenters. The summed E-state index contributed by atoms with van der Waals surface area (Å²) in [5.74, 6) is 1.60. The Labute approximate surface area is 202 Å². The fourth-order valence-electron chi connectivity index (χ4n) is 5.10. The second-order valence-electron chi connectivity index (χ2n) is 10.6. The third-order valence-electron chi connectivity index (χ3n) is 6.78. The molecule has 34 heavy (non-hydrogen) atoms. The predicted molar refractivity (Wildman–Crippen MR) is 129 cm³/mol. The minimum Gasteiger partial charge on any atom is -0.477 e. The molecule has 0 spiro atoms. The van der Waals surface area contributed by atoms with E-state index in [1.54, 1.807) is 12.3 Å². The van der Waals surface area contributed by atoms with Crippen LogP contribution >= 0.6 is 0 Å². The number of hydrogen-bond acceptors (Lipinski definition) is 6. The standard InChI is InChI=1S/C25H40N4O5/c1-16(2)15-34-23-20(13-26-29(23)10-9-25(3,4)28-24(32)33-5)22(31)27-21-18-7-6-8-19(21)12-17(11-18)14-30/h9-10,13,16-19,21,30H,6-8,11-12,14-15H2,1-5H3,(H,27,31)(H,28,32). The maximum Gasteiger partial charge on any atom is 0.407 e. The molecule has 2 amide bonds. The minimum atomic E-state index is -0.695. The van der Waals surface area contributed by atoms with E-state index in [4.69, 9.17) is 4.74 Å². The number of amides is 2. The average molecular weight is 477 g/mol. The van der Waals surface area contributed by atoms with Crippen LogP contribution in [0.5, 0.6) is 5.88 Å².